The van der Waals surface area contributed by atoms with Gasteiger partial charge in [-0.15, -0.1) is 0 Å². The van der Waals surface area contributed by atoms with E-state index in [0.29, 0.717) is 17.0 Å². The highest BCUT2D eigenvalue weighted by atomic mass is 35.5. The Balaban J connectivity index is 1.27. The summed E-state index contributed by atoms with van der Waals surface area (Å²) in [5, 5.41) is 16.1. The van der Waals surface area contributed by atoms with Crippen molar-refractivity contribution in [3.63, 3.8) is 0 Å². The highest BCUT2D eigenvalue weighted by Gasteiger charge is 2.17. The molecule has 0 radical (unpaired) electrons. The normalized spacial score (nSPS) is 11.4. The van der Waals surface area contributed by atoms with Crippen LogP contribution in [0.15, 0.2) is 85.1 Å². The van der Waals surface area contributed by atoms with Crippen molar-refractivity contribution in [1.29, 1.82) is 0 Å². The van der Waals surface area contributed by atoms with Crippen LogP contribution >= 0.6 is 11.6 Å². The third kappa shape index (κ3) is 4.40. The molecule has 4 N–H and O–H groups in total. The van der Waals surface area contributed by atoms with Gasteiger partial charge in [0.25, 0.3) is 0 Å². The summed E-state index contributed by atoms with van der Waals surface area (Å²) >= 11 is 6.55. The van der Waals surface area contributed by atoms with E-state index in [0.717, 1.165) is 55.2 Å². The second kappa shape index (κ2) is 9.72. The Labute approximate surface area is 223 Å². The monoisotopic (exact) mass is 521 g/mol. The maximum absolute atomic E-state index is 12.7. The molecule has 0 unspecified atom stereocenters. The summed E-state index contributed by atoms with van der Waals surface area (Å²) in [5.41, 5.74) is 7.46. The number of aromatic nitrogens is 2. The number of carboxylic acids is 1. The minimum absolute atomic E-state index is 0.0224. The molecule has 2 heterocycles. The van der Waals surface area contributed by atoms with Gasteiger partial charge in [0.15, 0.2) is 5.78 Å². The van der Waals surface area contributed by atoms with Crippen LogP contribution in [0.3, 0.4) is 0 Å². The maximum atomic E-state index is 12.7. The first kappa shape index (κ1) is 23.8. The molecule has 0 bridgehead atoms. The number of hydrogen-bond acceptors (Lipinski definition) is 3. The van der Waals surface area contributed by atoms with Gasteiger partial charge in [0.1, 0.15) is 0 Å². The minimum atomic E-state index is -0.976. The van der Waals surface area contributed by atoms with Crippen molar-refractivity contribution < 1.29 is 14.7 Å². The van der Waals surface area contributed by atoms with E-state index < -0.39 is 5.97 Å². The molecule has 0 amide bonds. The SMILES string of the molecule is O=C(O)CCC(=O)c1c[nH]c2cccc(Cc3ccc(Nc4cccc5[nH]c6cccc(Cl)c6c45)cc3)c12. The summed E-state index contributed by atoms with van der Waals surface area (Å²) < 4.78 is 0. The molecule has 6 aromatic rings. The fourth-order valence-corrected chi connectivity index (χ4v) is 5.39. The van der Waals surface area contributed by atoms with Crippen molar-refractivity contribution >= 4 is 67.4 Å². The zero-order valence-electron chi connectivity index (χ0n) is 20.3. The lowest BCUT2D eigenvalue weighted by molar-refractivity contribution is -0.136. The van der Waals surface area contributed by atoms with E-state index in [1.54, 1.807) is 6.20 Å². The molecule has 188 valence electrons. The topological polar surface area (TPSA) is 98.0 Å². The molecule has 0 aliphatic rings. The van der Waals surface area contributed by atoms with E-state index in [-0.39, 0.29) is 18.6 Å². The summed E-state index contributed by atoms with van der Waals surface area (Å²) in [6.07, 6.45) is 2.12. The standard InChI is InChI=1S/C31H24ClN3O3/c32-22-5-2-7-24-30(22)31-25(8-3-9-26(31)35-24)34-20-12-10-18(11-13-20)16-19-4-1-6-23-29(19)21(17-33-23)27(36)14-15-28(37)38/h1-13,17,33-35H,14-16H2,(H,37,38). The van der Waals surface area contributed by atoms with Gasteiger partial charge in [0.05, 0.1) is 11.4 Å². The predicted octanol–water partition coefficient (Wildman–Crippen LogP) is 7.84. The number of ketones is 1. The largest absolute Gasteiger partial charge is 0.481 e. The number of aromatic amines is 2. The van der Waals surface area contributed by atoms with Crippen molar-refractivity contribution in [2.45, 2.75) is 19.3 Å². The van der Waals surface area contributed by atoms with Crippen molar-refractivity contribution in [3.05, 3.63) is 107 Å². The number of carboxylic acid groups (broad SMARTS) is 1. The number of hydrogen-bond donors (Lipinski definition) is 4. The number of carbonyl (C=O) groups excluding carboxylic acids is 1. The van der Waals surface area contributed by atoms with Gasteiger partial charge in [0, 0.05) is 62.3 Å². The molecular weight excluding hydrogens is 498 g/mol. The minimum Gasteiger partial charge on any atom is -0.481 e. The predicted molar refractivity (Wildman–Crippen MR) is 153 cm³/mol. The Bertz CT molecular complexity index is 1830. The molecule has 4 aromatic carbocycles. The van der Waals surface area contributed by atoms with Crippen LogP contribution in [-0.4, -0.2) is 26.8 Å². The summed E-state index contributed by atoms with van der Waals surface area (Å²) in [4.78, 5) is 30.3. The average Bonchev–Trinajstić information content (AvgIpc) is 3.52. The van der Waals surface area contributed by atoms with Gasteiger partial charge < -0.3 is 20.4 Å². The van der Waals surface area contributed by atoms with Gasteiger partial charge in [-0.05, 0) is 60.0 Å². The van der Waals surface area contributed by atoms with Gasteiger partial charge in [-0.2, -0.15) is 0 Å². The lowest BCUT2D eigenvalue weighted by Gasteiger charge is -2.11. The summed E-state index contributed by atoms with van der Waals surface area (Å²) in [5.74, 6) is -1.15. The first-order valence-electron chi connectivity index (χ1n) is 12.4. The van der Waals surface area contributed by atoms with Crippen LogP contribution in [0.25, 0.3) is 32.7 Å². The second-order valence-electron chi connectivity index (χ2n) is 9.37. The molecule has 0 saturated carbocycles. The lowest BCUT2D eigenvalue weighted by atomic mass is 9.96. The van der Waals surface area contributed by atoms with E-state index in [2.05, 4.69) is 27.4 Å². The Hall–Kier alpha value is -4.55. The third-order valence-corrected chi connectivity index (χ3v) is 7.20. The number of benzene rings is 4. The molecule has 0 aliphatic carbocycles. The van der Waals surface area contributed by atoms with Crippen LogP contribution in [0.1, 0.15) is 34.3 Å². The molecule has 38 heavy (non-hydrogen) atoms. The number of halogens is 1. The highest BCUT2D eigenvalue weighted by molar-refractivity contribution is 6.38. The number of nitrogens with one attached hydrogen (secondary N) is 3. The Morgan fingerprint density at radius 2 is 1.50 bits per heavy atom. The Kier molecular flexibility index (Phi) is 6.10. The number of fused-ring (bicyclic) bond motifs is 4. The lowest BCUT2D eigenvalue weighted by Crippen LogP contribution is -2.04. The van der Waals surface area contributed by atoms with Crippen LogP contribution in [-0.2, 0) is 11.2 Å². The summed E-state index contributed by atoms with van der Waals surface area (Å²) in [6.45, 7) is 0. The van der Waals surface area contributed by atoms with Crippen LogP contribution in [0, 0.1) is 0 Å². The van der Waals surface area contributed by atoms with E-state index in [4.69, 9.17) is 16.7 Å². The molecule has 0 spiro atoms. The van der Waals surface area contributed by atoms with Crippen LogP contribution < -0.4 is 5.32 Å². The summed E-state index contributed by atoms with van der Waals surface area (Å²) in [6, 6.07) is 26.1. The van der Waals surface area contributed by atoms with Crippen LogP contribution in [0.5, 0.6) is 0 Å². The second-order valence-corrected chi connectivity index (χ2v) is 9.78. The Morgan fingerprint density at radius 3 is 2.29 bits per heavy atom. The number of H-pyrrole nitrogens is 2. The fourth-order valence-electron chi connectivity index (χ4n) is 5.12. The first-order chi connectivity index (χ1) is 18.5. The molecular formula is C31H24ClN3O3. The van der Waals surface area contributed by atoms with Crippen molar-refractivity contribution in [2.24, 2.45) is 0 Å². The van der Waals surface area contributed by atoms with Gasteiger partial charge in [-0.1, -0.05) is 48.0 Å². The van der Waals surface area contributed by atoms with E-state index in [1.807, 2.05) is 66.7 Å². The number of rotatable bonds is 8. The van der Waals surface area contributed by atoms with E-state index >= 15 is 0 Å². The van der Waals surface area contributed by atoms with E-state index in [1.165, 1.54) is 0 Å². The third-order valence-electron chi connectivity index (χ3n) is 6.88. The number of carbonyl (C=O) groups is 2. The molecule has 7 heteroatoms. The van der Waals surface area contributed by atoms with Gasteiger partial charge in [-0.25, -0.2) is 0 Å². The maximum Gasteiger partial charge on any atom is 0.303 e. The summed E-state index contributed by atoms with van der Waals surface area (Å²) in [7, 11) is 0. The van der Waals surface area contributed by atoms with Crippen molar-refractivity contribution in [3.8, 4) is 0 Å². The molecule has 0 saturated heterocycles. The smallest absolute Gasteiger partial charge is 0.303 e. The first-order valence-corrected chi connectivity index (χ1v) is 12.7. The molecule has 6 rings (SSSR count). The van der Waals surface area contributed by atoms with Crippen LogP contribution in [0.2, 0.25) is 5.02 Å². The molecule has 0 atom stereocenters. The highest BCUT2D eigenvalue weighted by Crippen LogP contribution is 2.37. The Morgan fingerprint density at radius 1 is 0.789 bits per heavy atom. The molecule has 2 aromatic heterocycles. The number of Topliss-reactive ketones (excluding diaryl/α,β-unsaturated/α-hetero) is 1. The molecule has 0 aliphatic heterocycles. The zero-order chi connectivity index (χ0) is 26.2. The molecule has 6 nitrogen and oxygen atoms in total. The van der Waals surface area contributed by atoms with Crippen LogP contribution in [0.4, 0.5) is 11.4 Å². The zero-order valence-corrected chi connectivity index (χ0v) is 21.1. The van der Waals surface area contributed by atoms with Crippen molar-refractivity contribution in [1.82, 2.24) is 9.97 Å². The number of anilines is 2. The van der Waals surface area contributed by atoms with Gasteiger partial charge in [0.2, 0.25) is 0 Å². The van der Waals surface area contributed by atoms with Gasteiger partial charge >= 0.3 is 5.97 Å². The number of aliphatic carboxylic acids is 1. The quantitative estimate of drug-likeness (QED) is 0.153. The van der Waals surface area contributed by atoms with Gasteiger partial charge in [-0.3, -0.25) is 9.59 Å². The average molecular weight is 522 g/mol. The van der Waals surface area contributed by atoms with E-state index in [9.17, 15) is 9.59 Å². The fraction of sp³-hybridized carbons (Fsp3) is 0.0968. The molecule has 0 fully saturated rings. The van der Waals surface area contributed by atoms with Crippen molar-refractivity contribution in [2.75, 3.05) is 5.32 Å².